The van der Waals surface area contributed by atoms with Gasteiger partial charge in [-0.3, -0.25) is 9.59 Å². The predicted molar refractivity (Wildman–Crippen MR) is 87.4 cm³/mol. The number of carbonyl (C=O) groups is 1. The molecule has 0 radical (unpaired) electrons. The minimum atomic E-state index is -0.329. The summed E-state index contributed by atoms with van der Waals surface area (Å²) in [5, 5.41) is 0. The molecule has 1 N–H and O–H groups in total. The van der Waals surface area contributed by atoms with Gasteiger partial charge in [0.05, 0.1) is 13.3 Å². The van der Waals surface area contributed by atoms with Gasteiger partial charge in [0.1, 0.15) is 11.4 Å². The van der Waals surface area contributed by atoms with E-state index in [0.717, 1.165) is 17.5 Å². The number of carbonyl (C=O) groups excluding carboxylic acids is 1. The summed E-state index contributed by atoms with van der Waals surface area (Å²) in [5.74, 6) is 0.853. The number of amides is 1. The first kappa shape index (κ1) is 16.7. The molecule has 0 spiro atoms. The number of H-pyrrole nitrogens is 1. The van der Waals surface area contributed by atoms with Crippen molar-refractivity contribution in [3.63, 3.8) is 0 Å². The van der Waals surface area contributed by atoms with Crippen LogP contribution in [0, 0.1) is 5.92 Å². The van der Waals surface area contributed by atoms with E-state index in [2.05, 4.69) is 9.97 Å². The van der Waals surface area contributed by atoms with Gasteiger partial charge in [0.2, 0.25) is 0 Å². The molecule has 0 aliphatic carbocycles. The zero-order chi connectivity index (χ0) is 16.8. The van der Waals surface area contributed by atoms with E-state index >= 15 is 0 Å². The molecule has 2 rings (SSSR count). The highest BCUT2D eigenvalue weighted by molar-refractivity contribution is 5.91. The third kappa shape index (κ3) is 4.67. The van der Waals surface area contributed by atoms with Crippen LogP contribution in [0.4, 0.5) is 0 Å². The van der Waals surface area contributed by atoms with Crippen LogP contribution in [0.3, 0.4) is 0 Å². The highest BCUT2D eigenvalue weighted by Crippen LogP contribution is 2.16. The first-order chi connectivity index (χ1) is 11.0. The highest BCUT2D eigenvalue weighted by atomic mass is 16.5. The predicted octanol–water partition coefficient (Wildman–Crippen LogP) is 2.08. The molecule has 0 aliphatic heterocycles. The van der Waals surface area contributed by atoms with Crippen LogP contribution in [-0.2, 0) is 6.54 Å². The van der Waals surface area contributed by atoms with Crippen LogP contribution in [0.15, 0.2) is 41.5 Å². The summed E-state index contributed by atoms with van der Waals surface area (Å²) in [5.41, 5.74) is 0.876. The Labute approximate surface area is 135 Å². The SMILES string of the molecule is COc1cccc(CN(CC(C)C)C(=O)c2c[nH]c(=O)cn2)c1. The number of ether oxygens (including phenoxy) is 1. The Morgan fingerprint density at radius 3 is 2.78 bits per heavy atom. The summed E-state index contributed by atoms with van der Waals surface area (Å²) in [6.07, 6.45) is 2.47. The molecule has 1 aromatic carbocycles. The Morgan fingerprint density at radius 1 is 1.39 bits per heavy atom. The van der Waals surface area contributed by atoms with E-state index in [4.69, 9.17) is 4.74 Å². The number of benzene rings is 1. The van der Waals surface area contributed by atoms with Crippen molar-refractivity contribution in [3.05, 3.63) is 58.3 Å². The van der Waals surface area contributed by atoms with Crippen molar-refractivity contribution in [1.29, 1.82) is 0 Å². The van der Waals surface area contributed by atoms with Crippen molar-refractivity contribution < 1.29 is 9.53 Å². The quantitative estimate of drug-likeness (QED) is 0.885. The van der Waals surface area contributed by atoms with E-state index in [1.807, 2.05) is 38.1 Å². The zero-order valence-corrected chi connectivity index (χ0v) is 13.6. The second-order valence-corrected chi connectivity index (χ2v) is 5.73. The normalized spacial score (nSPS) is 10.6. The van der Waals surface area contributed by atoms with Gasteiger partial charge in [-0.15, -0.1) is 0 Å². The van der Waals surface area contributed by atoms with Crippen LogP contribution < -0.4 is 10.3 Å². The molecule has 0 atom stereocenters. The maximum absolute atomic E-state index is 12.7. The lowest BCUT2D eigenvalue weighted by Gasteiger charge is -2.24. The van der Waals surface area contributed by atoms with Crippen LogP contribution in [0.2, 0.25) is 0 Å². The Hall–Kier alpha value is -2.63. The van der Waals surface area contributed by atoms with Gasteiger partial charge >= 0.3 is 0 Å². The highest BCUT2D eigenvalue weighted by Gasteiger charge is 2.19. The molecule has 0 fully saturated rings. The third-order valence-corrected chi connectivity index (χ3v) is 3.27. The maximum Gasteiger partial charge on any atom is 0.274 e. The van der Waals surface area contributed by atoms with Crippen molar-refractivity contribution in [2.75, 3.05) is 13.7 Å². The average Bonchev–Trinajstić information content (AvgIpc) is 2.54. The molecule has 0 saturated carbocycles. The van der Waals surface area contributed by atoms with Crippen molar-refractivity contribution in [1.82, 2.24) is 14.9 Å². The molecule has 122 valence electrons. The van der Waals surface area contributed by atoms with Gasteiger partial charge in [-0.05, 0) is 23.6 Å². The molecule has 6 heteroatoms. The first-order valence-electron chi connectivity index (χ1n) is 7.46. The van der Waals surface area contributed by atoms with E-state index in [1.165, 1.54) is 6.20 Å². The van der Waals surface area contributed by atoms with E-state index in [9.17, 15) is 9.59 Å². The van der Waals surface area contributed by atoms with Crippen LogP contribution in [0.25, 0.3) is 0 Å². The fourth-order valence-corrected chi connectivity index (χ4v) is 2.27. The van der Waals surface area contributed by atoms with Crippen LogP contribution >= 0.6 is 0 Å². The second kappa shape index (κ2) is 7.58. The molecule has 0 aliphatic rings. The third-order valence-electron chi connectivity index (χ3n) is 3.27. The summed E-state index contributed by atoms with van der Waals surface area (Å²) in [6.45, 7) is 5.14. The van der Waals surface area contributed by atoms with Crippen molar-refractivity contribution in [2.45, 2.75) is 20.4 Å². The molecule has 0 saturated heterocycles. The van der Waals surface area contributed by atoms with E-state index in [1.54, 1.807) is 12.0 Å². The lowest BCUT2D eigenvalue weighted by molar-refractivity contribution is 0.0716. The van der Waals surface area contributed by atoms with Crippen LogP contribution in [0.5, 0.6) is 5.75 Å². The summed E-state index contributed by atoms with van der Waals surface area (Å²) in [7, 11) is 1.61. The Bertz CT molecular complexity index is 705. The van der Waals surface area contributed by atoms with Gasteiger partial charge in [0.15, 0.2) is 0 Å². The molecule has 6 nitrogen and oxygen atoms in total. The minimum absolute atomic E-state index is 0.210. The molecule has 2 aromatic rings. The molecule has 1 aromatic heterocycles. The largest absolute Gasteiger partial charge is 0.497 e. The number of nitrogens with zero attached hydrogens (tertiary/aromatic N) is 2. The first-order valence-corrected chi connectivity index (χ1v) is 7.46. The Morgan fingerprint density at radius 2 is 2.17 bits per heavy atom. The number of aromatic amines is 1. The van der Waals surface area contributed by atoms with Crippen molar-refractivity contribution in [2.24, 2.45) is 5.92 Å². The van der Waals surface area contributed by atoms with E-state index < -0.39 is 0 Å². The fraction of sp³-hybridized carbons (Fsp3) is 0.353. The smallest absolute Gasteiger partial charge is 0.274 e. The van der Waals surface area contributed by atoms with Crippen LogP contribution in [-0.4, -0.2) is 34.4 Å². The van der Waals surface area contributed by atoms with Gasteiger partial charge in [-0.25, -0.2) is 4.98 Å². The Balaban J connectivity index is 2.23. The van der Waals surface area contributed by atoms with E-state index in [-0.39, 0.29) is 17.2 Å². The summed E-state index contributed by atoms with van der Waals surface area (Å²) in [4.78, 5) is 31.9. The summed E-state index contributed by atoms with van der Waals surface area (Å²) in [6, 6.07) is 7.61. The second-order valence-electron chi connectivity index (χ2n) is 5.73. The lowest BCUT2D eigenvalue weighted by Crippen LogP contribution is -2.34. The monoisotopic (exact) mass is 315 g/mol. The zero-order valence-electron chi connectivity index (χ0n) is 13.6. The average molecular weight is 315 g/mol. The molecule has 23 heavy (non-hydrogen) atoms. The minimum Gasteiger partial charge on any atom is -0.497 e. The van der Waals surface area contributed by atoms with Gasteiger partial charge in [-0.1, -0.05) is 26.0 Å². The number of hydrogen-bond donors (Lipinski definition) is 1. The standard InChI is InChI=1S/C17H21N3O3/c1-12(2)10-20(11-13-5-4-6-14(7-13)23-3)17(22)15-8-19-16(21)9-18-15/h4-9,12H,10-11H2,1-3H3,(H,19,21). The fourth-order valence-electron chi connectivity index (χ4n) is 2.27. The number of hydrogen-bond acceptors (Lipinski definition) is 4. The molecule has 1 amide bonds. The van der Waals surface area contributed by atoms with Crippen LogP contribution in [0.1, 0.15) is 29.9 Å². The van der Waals surface area contributed by atoms with Gasteiger partial charge < -0.3 is 14.6 Å². The number of rotatable bonds is 6. The van der Waals surface area contributed by atoms with Gasteiger partial charge in [-0.2, -0.15) is 0 Å². The summed E-state index contributed by atoms with van der Waals surface area (Å²) >= 11 is 0. The Kier molecular flexibility index (Phi) is 5.51. The molecular weight excluding hydrogens is 294 g/mol. The topological polar surface area (TPSA) is 75.3 Å². The molecule has 0 unspecified atom stereocenters. The number of methoxy groups -OCH3 is 1. The molecule has 1 heterocycles. The molecule has 0 bridgehead atoms. The maximum atomic E-state index is 12.7. The molecular formula is C17H21N3O3. The van der Waals surface area contributed by atoms with Crippen molar-refractivity contribution in [3.8, 4) is 5.75 Å². The van der Waals surface area contributed by atoms with Gasteiger partial charge in [0.25, 0.3) is 11.5 Å². The number of aromatic nitrogens is 2. The number of nitrogens with one attached hydrogen (secondary N) is 1. The van der Waals surface area contributed by atoms with E-state index in [0.29, 0.717) is 19.0 Å². The summed E-state index contributed by atoms with van der Waals surface area (Å²) < 4.78 is 5.22. The van der Waals surface area contributed by atoms with Gasteiger partial charge in [0, 0.05) is 19.3 Å². The van der Waals surface area contributed by atoms with Crippen molar-refractivity contribution >= 4 is 5.91 Å². The lowest BCUT2D eigenvalue weighted by atomic mass is 10.1.